The Morgan fingerprint density at radius 3 is 2.38 bits per heavy atom. The Bertz CT molecular complexity index is 670. The van der Waals surface area contributed by atoms with Gasteiger partial charge in [-0.05, 0) is 45.3 Å². The van der Waals surface area contributed by atoms with E-state index in [0.29, 0.717) is 6.42 Å². The van der Waals surface area contributed by atoms with Crippen LogP contribution < -0.4 is 0 Å². The van der Waals surface area contributed by atoms with Crippen LogP contribution in [0.5, 0.6) is 0 Å². The Morgan fingerprint density at radius 1 is 1.21 bits per heavy atom. The topological polar surface area (TPSA) is 29.5 Å². The number of benzene rings is 1. The number of hydrogen-bond donors (Lipinski definition) is 0. The molecule has 3 heteroatoms. The molecule has 0 aromatic heterocycles. The summed E-state index contributed by atoms with van der Waals surface area (Å²) in [6, 6.07) is 10.6. The lowest BCUT2D eigenvalue weighted by atomic mass is 9.98. The van der Waals surface area contributed by atoms with Gasteiger partial charge in [-0.3, -0.25) is 9.69 Å². The second-order valence-electron chi connectivity index (χ2n) is 8.53. The predicted molar refractivity (Wildman–Crippen MR) is 124 cm³/mol. The van der Waals surface area contributed by atoms with Crippen LogP contribution in [0.2, 0.25) is 0 Å². The zero-order chi connectivity index (χ0) is 21.9. The lowest BCUT2D eigenvalue weighted by Gasteiger charge is -2.37. The molecule has 0 amide bonds. The van der Waals surface area contributed by atoms with Gasteiger partial charge in [-0.1, -0.05) is 81.5 Å². The van der Waals surface area contributed by atoms with Crippen LogP contribution in [-0.2, 0) is 16.1 Å². The molecule has 2 atom stereocenters. The summed E-state index contributed by atoms with van der Waals surface area (Å²) in [5.41, 5.74) is 1.85. The summed E-state index contributed by atoms with van der Waals surface area (Å²) in [7, 11) is 0. The molecule has 0 fully saturated rings. The molecule has 0 heterocycles. The molecule has 0 bridgehead atoms. The fraction of sp³-hybridized carbons (Fsp3) is 0.500. The fourth-order valence-electron chi connectivity index (χ4n) is 3.48. The minimum absolute atomic E-state index is 0.0909. The highest BCUT2D eigenvalue weighted by atomic mass is 16.6. The van der Waals surface area contributed by atoms with E-state index < -0.39 is 5.60 Å². The van der Waals surface area contributed by atoms with Gasteiger partial charge in [0, 0.05) is 18.6 Å². The van der Waals surface area contributed by atoms with Crippen LogP contribution in [0.3, 0.4) is 0 Å². The van der Waals surface area contributed by atoms with Gasteiger partial charge >= 0.3 is 5.97 Å². The van der Waals surface area contributed by atoms with Crippen LogP contribution in [0.1, 0.15) is 65.9 Å². The first kappa shape index (κ1) is 24.9. The number of carbonyl (C=O) groups is 1. The first-order valence-electron chi connectivity index (χ1n) is 10.7. The van der Waals surface area contributed by atoms with Gasteiger partial charge in [0.25, 0.3) is 0 Å². The minimum Gasteiger partial charge on any atom is -0.460 e. The number of allylic oxidation sites excluding steroid dienone is 2. The molecule has 0 saturated carbocycles. The van der Waals surface area contributed by atoms with E-state index in [-0.39, 0.29) is 18.1 Å². The smallest absolute Gasteiger partial charge is 0.307 e. The first-order chi connectivity index (χ1) is 13.7. The molecule has 0 N–H and O–H groups in total. The van der Waals surface area contributed by atoms with Crippen molar-refractivity contribution >= 4 is 5.97 Å². The molecule has 1 aromatic rings. The molecule has 160 valence electrons. The summed E-state index contributed by atoms with van der Waals surface area (Å²) in [4.78, 5) is 15.1. The van der Waals surface area contributed by atoms with Crippen molar-refractivity contribution < 1.29 is 9.53 Å². The molecule has 3 nitrogen and oxygen atoms in total. The summed E-state index contributed by atoms with van der Waals surface area (Å²) in [6.07, 6.45) is 9.17. The summed E-state index contributed by atoms with van der Waals surface area (Å²) < 4.78 is 5.65. The highest BCUT2D eigenvalue weighted by Gasteiger charge is 2.28. The molecule has 29 heavy (non-hydrogen) atoms. The molecule has 2 unspecified atom stereocenters. The minimum atomic E-state index is -0.475. The van der Waals surface area contributed by atoms with E-state index in [4.69, 9.17) is 4.74 Å². The maximum absolute atomic E-state index is 12.7. The standard InChI is InChI=1S/C26H39NO2/c1-8-11-18-24(19-25(28)29-26(5,6)7)27(20-22-16-13-12-14-17-22)21(4)23(10-3)15-9-2/h9-10,12-17,21,24H,2-3,8,11,18-20H2,1,4-7H3. The quantitative estimate of drug-likeness (QED) is 0.299. The van der Waals surface area contributed by atoms with Gasteiger partial charge in [-0.25, -0.2) is 0 Å². The molecule has 0 saturated heterocycles. The lowest BCUT2D eigenvalue weighted by Crippen LogP contribution is -2.44. The third-order valence-corrected chi connectivity index (χ3v) is 4.92. The zero-order valence-corrected chi connectivity index (χ0v) is 19.0. The second kappa shape index (κ2) is 12.4. The average molecular weight is 398 g/mol. The Balaban J connectivity index is 3.22. The maximum atomic E-state index is 12.7. The molecule has 0 aliphatic heterocycles. The van der Waals surface area contributed by atoms with Gasteiger partial charge < -0.3 is 4.74 Å². The zero-order valence-electron chi connectivity index (χ0n) is 19.0. The molecule has 0 aliphatic carbocycles. The summed E-state index contributed by atoms with van der Waals surface area (Å²) in [5, 5.41) is 0. The van der Waals surface area contributed by atoms with Crippen molar-refractivity contribution in [2.75, 3.05) is 0 Å². The Morgan fingerprint density at radius 2 is 1.86 bits per heavy atom. The number of unbranched alkanes of at least 4 members (excludes halogenated alkanes) is 1. The summed E-state index contributed by atoms with van der Waals surface area (Å²) in [6.45, 7) is 18.7. The fourth-order valence-corrected chi connectivity index (χ4v) is 3.48. The van der Waals surface area contributed by atoms with Gasteiger partial charge in [0.05, 0.1) is 6.42 Å². The van der Waals surface area contributed by atoms with Crippen LogP contribution in [0.15, 0.2) is 67.3 Å². The third-order valence-electron chi connectivity index (χ3n) is 4.92. The Kier molecular flexibility index (Phi) is 10.7. The van der Waals surface area contributed by atoms with Crippen LogP contribution in [0, 0.1) is 0 Å². The third kappa shape index (κ3) is 9.27. The Hall–Kier alpha value is -2.13. The average Bonchev–Trinajstić information content (AvgIpc) is 2.66. The number of ether oxygens (including phenoxy) is 1. The van der Waals surface area contributed by atoms with Crippen molar-refractivity contribution in [3.8, 4) is 0 Å². The summed E-state index contributed by atoms with van der Waals surface area (Å²) >= 11 is 0. The number of carbonyl (C=O) groups excluding carboxylic acids is 1. The predicted octanol–water partition coefficient (Wildman–Crippen LogP) is 6.47. The number of nitrogens with zero attached hydrogens (tertiary/aromatic N) is 1. The Labute approximate surface area is 178 Å². The van der Waals surface area contributed by atoms with Crippen molar-refractivity contribution in [1.82, 2.24) is 4.90 Å². The van der Waals surface area contributed by atoms with Crippen LogP contribution >= 0.6 is 0 Å². The van der Waals surface area contributed by atoms with E-state index in [1.807, 2.05) is 39.0 Å². The first-order valence-corrected chi connectivity index (χ1v) is 10.7. The van der Waals surface area contributed by atoms with Crippen LogP contribution in [0.4, 0.5) is 0 Å². The van der Waals surface area contributed by atoms with Crippen molar-refractivity contribution in [1.29, 1.82) is 0 Å². The molecule has 1 aromatic carbocycles. The van der Waals surface area contributed by atoms with Crippen molar-refractivity contribution in [2.45, 2.75) is 84.5 Å². The van der Waals surface area contributed by atoms with Gasteiger partial charge in [0.2, 0.25) is 0 Å². The van der Waals surface area contributed by atoms with Gasteiger partial charge in [0.1, 0.15) is 5.60 Å². The molecular weight excluding hydrogens is 358 g/mol. The van der Waals surface area contributed by atoms with Gasteiger partial charge in [-0.15, -0.1) is 0 Å². The normalized spacial score (nSPS) is 14.3. The van der Waals surface area contributed by atoms with E-state index in [0.717, 1.165) is 31.4 Å². The van der Waals surface area contributed by atoms with Crippen LogP contribution in [0.25, 0.3) is 0 Å². The number of esters is 1. The highest BCUT2D eigenvalue weighted by Crippen LogP contribution is 2.25. The van der Waals surface area contributed by atoms with Crippen molar-refractivity contribution in [2.24, 2.45) is 0 Å². The molecule has 0 radical (unpaired) electrons. The summed E-state index contributed by atoms with van der Waals surface area (Å²) in [5.74, 6) is -0.142. The molecule has 0 spiro atoms. The lowest BCUT2D eigenvalue weighted by molar-refractivity contribution is -0.156. The SMILES string of the molecule is C=CC=C(C=C)C(C)N(Cc1ccccc1)C(CCCC)CC(=O)OC(C)(C)C. The van der Waals surface area contributed by atoms with E-state index >= 15 is 0 Å². The van der Waals surface area contributed by atoms with E-state index in [1.54, 1.807) is 6.08 Å². The van der Waals surface area contributed by atoms with E-state index in [9.17, 15) is 4.79 Å². The largest absolute Gasteiger partial charge is 0.460 e. The molecule has 1 rings (SSSR count). The van der Waals surface area contributed by atoms with E-state index in [2.05, 4.69) is 56.2 Å². The number of rotatable bonds is 12. The second-order valence-corrected chi connectivity index (χ2v) is 8.53. The van der Waals surface area contributed by atoms with Gasteiger partial charge in [-0.2, -0.15) is 0 Å². The maximum Gasteiger partial charge on any atom is 0.307 e. The monoisotopic (exact) mass is 397 g/mol. The number of hydrogen-bond acceptors (Lipinski definition) is 3. The van der Waals surface area contributed by atoms with E-state index in [1.165, 1.54) is 5.56 Å². The van der Waals surface area contributed by atoms with Crippen LogP contribution in [-0.4, -0.2) is 28.6 Å². The van der Waals surface area contributed by atoms with Gasteiger partial charge in [0.15, 0.2) is 0 Å². The van der Waals surface area contributed by atoms with Crippen molar-refractivity contribution in [3.63, 3.8) is 0 Å². The van der Waals surface area contributed by atoms with Crippen molar-refractivity contribution in [3.05, 3.63) is 72.9 Å². The highest BCUT2D eigenvalue weighted by molar-refractivity contribution is 5.70. The molecule has 0 aliphatic rings. The molecular formula is C26H39NO2.